The molecular weight excluding hydrogens is 491 g/mol. The first-order chi connectivity index (χ1) is 19.2. The number of benzene rings is 1. The van der Waals surface area contributed by atoms with E-state index in [9.17, 15) is 4.39 Å². The van der Waals surface area contributed by atoms with Crippen molar-refractivity contribution in [2.45, 2.75) is 18.9 Å². The quantitative estimate of drug-likeness (QED) is 0.323. The topological polar surface area (TPSA) is 65.7 Å². The summed E-state index contributed by atoms with van der Waals surface area (Å²) in [7, 11) is 0. The zero-order valence-corrected chi connectivity index (χ0v) is 21.6. The van der Waals surface area contributed by atoms with Gasteiger partial charge in [-0.05, 0) is 66.9 Å². The molecule has 0 N–H and O–H groups in total. The Morgan fingerprint density at radius 3 is 2.51 bits per heavy atom. The van der Waals surface area contributed by atoms with E-state index in [0.717, 1.165) is 85.5 Å². The molecule has 0 saturated carbocycles. The van der Waals surface area contributed by atoms with E-state index in [1.165, 1.54) is 6.07 Å². The van der Waals surface area contributed by atoms with Gasteiger partial charge in [-0.3, -0.25) is 4.98 Å². The molecule has 2 aliphatic rings. The summed E-state index contributed by atoms with van der Waals surface area (Å²) >= 11 is 0. The molecule has 8 nitrogen and oxygen atoms in total. The standard InChI is InChI=1S/C30H29FN8/c31-23-6-1-5-22(19-23)26-9-4-14-38(26)30-12-11-28-33-21-27(39(28)35-30)25-8-2-10-29(34-25)37-17-15-36(16-18-37)24-7-3-13-32-20-24/h1-3,5-8,10-13,19-21,26H,4,9,14-18H2. The van der Waals surface area contributed by atoms with Crippen LogP contribution in [-0.2, 0) is 0 Å². The summed E-state index contributed by atoms with van der Waals surface area (Å²) in [4.78, 5) is 20.8. The van der Waals surface area contributed by atoms with E-state index in [4.69, 9.17) is 10.1 Å². The summed E-state index contributed by atoms with van der Waals surface area (Å²) in [6.45, 7) is 4.48. The van der Waals surface area contributed by atoms with Crippen LogP contribution in [0.5, 0.6) is 0 Å². The predicted octanol–water partition coefficient (Wildman–Crippen LogP) is 4.99. The lowest BCUT2D eigenvalue weighted by molar-refractivity contribution is 0.617. The normalized spacial score (nSPS) is 17.8. The Bertz CT molecular complexity index is 1600. The molecule has 0 bridgehead atoms. The lowest BCUT2D eigenvalue weighted by Crippen LogP contribution is -2.46. The van der Waals surface area contributed by atoms with E-state index in [1.54, 1.807) is 18.3 Å². The van der Waals surface area contributed by atoms with E-state index in [-0.39, 0.29) is 11.9 Å². The fourth-order valence-corrected chi connectivity index (χ4v) is 5.77. The molecule has 0 spiro atoms. The molecule has 0 radical (unpaired) electrons. The summed E-state index contributed by atoms with van der Waals surface area (Å²) in [5.74, 6) is 1.61. The summed E-state index contributed by atoms with van der Waals surface area (Å²) in [5.41, 5.74) is 4.60. The van der Waals surface area contributed by atoms with Crippen LogP contribution in [0.3, 0.4) is 0 Å². The maximum Gasteiger partial charge on any atom is 0.154 e. The molecule has 4 aromatic heterocycles. The summed E-state index contributed by atoms with van der Waals surface area (Å²) in [6, 6.07) is 21.2. The van der Waals surface area contributed by atoms with Crippen LogP contribution in [0.2, 0.25) is 0 Å². The molecule has 2 fully saturated rings. The van der Waals surface area contributed by atoms with Crippen molar-refractivity contribution in [3.8, 4) is 11.4 Å². The number of piperazine rings is 1. The second-order valence-corrected chi connectivity index (χ2v) is 10.1. The van der Waals surface area contributed by atoms with Crippen molar-refractivity contribution in [1.29, 1.82) is 0 Å². The Kier molecular flexibility index (Phi) is 6.03. The van der Waals surface area contributed by atoms with Crippen molar-refractivity contribution < 1.29 is 4.39 Å². The van der Waals surface area contributed by atoms with Crippen LogP contribution < -0.4 is 14.7 Å². The molecular formula is C30H29FN8. The SMILES string of the molecule is Fc1cccc(C2CCCN2c2ccc3ncc(-c4cccc(N5CCN(c6cccnc6)CC5)n4)n3n2)c1. The first kappa shape index (κ1) is 23.6. The van der Waals surface area contributed by atoms with Gasteiger partial charge < -0.3 is 14.7 Å². The molecule has 0 aliphatic carbocycles. The van der Waals surface area contributed by atoms with Crippen LogP contribution in [0.15, 0.2) is 85.3 Å². The van der Waals surface area contributed by atoms with Gasteiger partial charge in [-0.25, -0.2) is 18.9 Å². The highest BCUT2D eigenvalue weighted by atomic mass is 19.1. The first-order valence-electron chi connectivity index (χ1n) is 13.5. The maximum absolute atomic E-state index is 14.0. The van der Waals surface area contributed by atoms with Gasteiger partial charge in [0.2, 0.25) is 0 Å². The Hall–Kier alpha value is -4.53. The van der Waals surface area contributed by atoms with Gasteiger partial charge in [0.25, 0.3) is 0 Å². The number of imidazole rings is 1. The highest BCUT2D eigenvalue weighted by molar-refractivity contribution is 5.63. The van der Waals surface area contributed by atoms with E-state index >= 15 is 0 Å². The number of pyridine rings is 2. The summed E-state index contributed by atoms with van der Waals surface area (Å²) < 4.78 is 15.8. The fraction of sp³-hybridized carbons (Fsp3) is 0.267. The maximum atomic E-state index is 14.0. The zero-order valence-electron chi connectivity index (χ0n) is 21.6. The van der Waals surface area contributed by atoms with E-state index in [0.29, 0.717) is 0 Å². The third-order valence-electron chi connectivity index (χ3n) is 7.74. The van der Waals surface area contributed by atoms with Gasteiger partial charge in [0.05, 0.1) is 29.8 Å². The van der Waals surface area contributed by atoms with Gasteiger partial charge in [-0.2, -0.15) is 0 Å². The Labute approximate surface area is 226 Å². The Morgan fingerprint density at radius 2 is 1.67 bits per heavy atom. The lowest BCUT2D eigenvalue weighted by Gasteiger charge is -2.36. The summed E-state index contributed by atoms with van der Waals surface area (Å²) in [6.07, 6.45) is 7.57. The molecule has 5 aromatic rings. The minimum Gasteiger partial charge on any atom is -0.367 e. The molecule has 196 valence electrons. The van der Waals surface area contributed by atoms with Gasteiger partial charge in [0.1, 0.15) is 23.1 Å². The third kappa shape index (κ3) is 4.54. The molecule has 6 heterocycles. The number of hydrogen-bond donors (Lipinski definition) is 0. The molecule has 39 heavy (non-hydrogen) atoms. The second kappa shape index (κ2) is 9.98. The van der Waals surface area contributed by atoms with Crippen LogP contribution in [-0.4, -0.2) is 57.3 Å². The molecule has 1 atom stereocenters. The van der Waals surface area contributed by atoms with E-state index in [1.807, 2.05) is 47.2 Å². The predicted molar refractivity (Wildman–Crippen MR) is 151 cm³/mol. The first-order valence-corrected chi connectivity index (χ1v) is 13.5. The fourth-order valence-electron chi connectivity index (χ4n) is 5.77. The van der Waals surface area contributed by atoms with Crippen molar-refractivity contribution in [2.75, 3.05) is 47.4 Å². The van der Waals surface area contributed by atoms with Crippen molar-refractivity contribution in [2.24, 2.45) is 0 Å². The lowest BCUT2D eigenvalue weighted by atomic mass is 10.0. The molecule has 7 rings (SSSR count). The number of rotatable bonds is 5. The Morgan fingerprint density at radius 1 is 0.795 bits per heavy atom. The highest BCUT2D eigenvalue weighted by Crippen LogP contribution is 2.36. The van der Waals surface area contributed by atoms with Crippen LogP contribution in [0.25, 0.3) is 17.0 Å². The molecule has 1 aromatic carbocycles. The minimum absolute atomic E-state index is 0.101. The Balaban J connectivity index is 1.15. The van der Waals surface area contributed by atoms with Crippen molar-refractivity contribution >= 4 is 23.0 Å². The monoisotopic (exact) mass is 520 g/mol. The number of fused-ring (bicyclic) bond motifs is 1. The van der Waals surface area contributed by atoms with Crippen LogP contribution >= 0.6 is 0 Å². The van der Waals surface area contributed by atoms with Gasteiger partial charge in [0.15, 0.2) is 5.65 Å². The van der Waals surface area contributed by atoms with Crippen molar-refractivity contribution in [1.82, 2.24) is 24.6 Å². The van der Waals surface area contributed by atoms with Gasteiger partial charge in [-0.15, -0.1) is 5.10 Å². The van der Waals surface area contributed by atoms with Gasteiger partial charge in [-0.1, -0.05) is 18.2 Å². The van der Waals surface area contributed by atoms with Crippen LogP contribution in [0.1, 0.15) is 24.4 Å². The number of halogens is 1. The van der Waals surface area contributed by atoms with Gasteiger partial charge in [0, 0.05) is 38.9 Å². The van der Waals surface area contributed by atoms with Crippen molar-refractivity contribution in [3.63, 3.8) is 0 Å². The molecule has 9 heteroatoms. The third-order valence-corrected chi connectivity index (χ3v) is 7.74. The van der Waals surface area contributed by atoms with Crippen molar-refractivity contribution in [3.05, 3.63) is 96.7 Å². The summed E-state index contributed by atoms with van der Waals surface area (Å²) in [5, 5.41) is 5.00. The number of nitrogens with zero attached hydrogens (tertiary/aromatic N) is 8. The van der Waals surface area contributed by atoms with Crippen LogP contribution in [0, 0.1) is 5.82 Å². The average molecular weight is 521 g/mol. The second-order valence-electron chi connectivity index (χ2n) is 10.1. The molecule has 1 unspecified atom stereocenters. The number of anilines is 3. The van der Waals surface area contributed by atoms with Crippen LogP contribution in [0.4, 0.5) is 21.7 Å². The highest BCUT2D eigenvalue weighted by Gasteiger charge is 2.28. The smallest absolute Gasteiger partial charge is 0.154 e. The number of hydrogen-bond acceptors (Lipinski definition) is 7. The zero-order chi connectivity index (χ0) is 26.2. The largest absolute Gasteiger partial charge is 0.367 e. The average Bonchev–Trinajstić information content (AvgIpc) is 3.65. The van der Waals surface area contributed by atoms with Gasteiger partial charge >= 0.3 is 0 Å². The molecule has 2 saturated heterocycles. The molecule has 2 aliphatic heterocycles. The van der Waals surface area contributed by atoms with E-state index < -0.39 is 0 Å². The molecule has 0 amide bonds. The number of aromatic nitrogens is 5. The minimum atomic E-state index is -0.205. The van der Waals surface area contributed by atoms with E-state index in [2.05, 4.69) is 42.9 Å².